The number of carbonyl (C=O) groups excluding carboxylic acids is 1. The Balaban J connectivity index is 0.00000180. The highest BCUT2D eigenvalue weighted by Crippen LogP contribution is 2.07. The molecule has 5 nitrogen and oxygen atoms in total. The number of rotatable bonds is 4. The molecule has 2 rings (SSSR count). The van der Waals surface area contributed by atoms with Crippen LogP contribution in [0.15, 0.2) is 30.3 Å². The molecule has 0 radical (unpaired) electrons. The molecule has 1 aliphatic rings. The van der Waals surface area contributed by atoms with Crippen molar-refractivity contribution in [2.75, 3.05) is 19.6 Å². The summed E-state index contributed by atoms with van der Waals surface area (Å²) in [5, 5.41) is 15.3. The minimum Gasteiger partial charge on any atom is -0.445 e. The molecule has 0 bridgehead atoms. The Bertz CT molecular complexity index is 389. The SMILES string of the molecule is Cl.O=C(NCC1CNCC1O)OCc1ccccc1. The molecule has 0 saturated carbocycles. The first-order valence-electron chi connectivity index (χ1n) is 6.09. The maximum atomic E-state index is 11.4. The molecule has 0 aliphatic carbocycles. The summed E-state index contributed by atoms with van der Waals surface area (Å²) in [7, 11) is 0. The molecule has 3 N–H and O–H groups in total. The molecule has 1 aromatic rings. The number of halogens is 1. The van der Waals surface area contributed by atoms with Crippen LogP contribution in [0, 0.1) is 5.92 Å². The van der Waals surface area contributed by atoms with Crippen LogP contribution in [0.4, 0.5) is 4.79 Å². The summed E-state index contributed by atoms with van der Waals surface area (Å²) in [6.45, 7) is 2.01. The van der Waals surface area contributed by atoms with Crippen molar-refractivity contribution in [3.8, 4) is 0 Å². The molecular formula is C13H19ClN2O3. The second-order valence-electron chi connectivity index (χ2n) is 4.43. The van der Waals surface area contributed by atoms with Crippen LogP contribution in [0.1, 0.15) is 5.56 Å². The first-order valence-corrected chi connectivity index (χ1v) is 6.09. The van der Waals surface area contributed by atoms with E-state index in [1.165, 1.54) is 0 Å². The molecule has 2 unspecified atom stereocenters. The van der Waals surface area contributed by atoms with Crippen molar-refractivity contribution in [3.05, 3.63) is 35.9 Å². The fraction of sp³-hybridized carbons (Fsp3) is 0.462. The lowest BCUT2D eigenvalue weighted by atomic mass is 10.1. The minimum atomic E-state index is -0.446. The largest absolute Gasteiger partial charge is 0.445 e. The summed E-state index contributed by atoms with van der Waals surface area (Å²) >= 11 is 0. The number of aliphatic hydroxyl groups is 1. The predicted molar refractivity (Wildman–Crippen MR) is 74.2 cm³/mol. The van der Waals surface area contributed by atoms with Crippen molar-refractivity contribution in [2.24, 2.45) is 5.92 Å². The van der Waals surface area contributed by atoms with Crippen molar-refractivity contribution in [1.82, 2.24) is 10.6 Å². The molecule has 19 heavy (non-hydrogen) atoms. The van der Waals surface area contributed by atoms with Gasteiger partial charge in [0.1, 0.15) is 6.61 Å². The van der Waals surface area contributed by atoms with Crippen molar-refractivity contribution in [2.45, 2.75) is 12.7 Å². The second kappa shape index (κ2) is 7.99. The van der Waals surface area contributed by atoms with E-state index in [1.807, 2.05) is 30.3 Å². The maximum absolute atomic E-state index is 11.4. The van der Waals surface area contributed by atoms with Crippen molar-refractivity contribution < 1.29 is 14.6 Å². The maximum Gasteiger partial charge on any atom is 0.407 e. The lowest BCUT2D eigenvalue weighted by molar-refractivity contribution is 0.125. The number of β-amino-alcohol motifs (C(OH)–C–C–N with tert-alkyl or cyclic N) is 1. The van der Waals surface area contributed by atoms with E-state index in [0.29, 0.717) is 13.1 Å². The Morgan fingerprint density at radius 1 is 1.37 bits per heavy atom. The van der Waals surface area contributed by atoms with E-state index in [0.717, 1.165) is 12.1 Å². The number of amides is 1. The fourth-order valence-corrected chi connectivity index (χ4v) is 1.92. The average molecular weight is 287 g/mol. The molecule has 2 atom stereocenters. The molecule has 1 heterocycles. The van der Waals surface area contributed by atoms with Crippen LogP contribution in [0.3, 0.4) is 0 Å². The highest BCUT2D eigenvalue weighted by Gasteiger charge is 2.25. The Labute approximate surface area is 118 Å². The zero-order chi connectivity index (χ0) is 12.8. The fourth-order valence-electron chi connectivity index (χ4n) is 1.92. The third-order valence-electron chi connectivity index (χ3n) is 3.03. The van der Waals surface area contributed by atoms with Gasteiger partial charge in [-0.1, -0.05) is 30.3 Å². The lowest BCUT2D eigenvalue weighted by Crippen LogP contribution is -2.34. The molecule has 1 fully saturated rings. The monoisotopic (exact) mass is 286 g/mol. The Hall–Kier alpha value is -1.30. The Morgan fingerprint density at radius 3 is 2.74 bits per heavy atom. The number of aliphatic hydroxyl groups excluding tert-OH is 1. The molecule has 6 heteroatoms. The highest BCUT2D eigenvalue weighted by atomic mass is 35.5. The van der Waals surface area contributed by atoms with E-state index in [4.69, 9.17) is 4.74 Å². The molecule has 0 spiro atoms. The van der Waals surface area contributed by atoms with Gasteiger partial charge in [-0.15, -0.1) is 12.4 Å². The number of carbonyl (C=O) groups is 1. The second-order valence-corrected chi connectivity index (χ2v) is 4.43. The van der Waals surface area contributed by atoms with E-state index >= 15 is 0 Å². The lowest BCUT2D eigenvalue weighted by Gasteiger charge is -2.14. The predicted octanol–water partition coefficient (Wildman–Crippen LogP) is 0.915. The third kappa shape index (κ3) is 5.06. The van der Waals surface area contributed by atoms with Gasteiger partial charge < -0.3 is 20.5 Å². The average Bonchev–Trinajstić information content (AvgIpc) is 2.81. The zero-order valence-corrected chi connectivity index (χ0v) is 11.4. The molecule has 1 aliphatic heterocycles. The van der Waals surface area contributed by atoms with E-state index in [2.05, 4.69) is 10.6 Å². The normalized spacial score (nSPS) is 21.5. The molecule has 106 valence electrons. The Kier molecular flexibility index (Phi) is 6.62. The van der Waals surface area contributed by atoms with Gasteiger partial charge in [0.25, 0.3) is 0 Å². The number of benzene rings is 1. The molecule has 1 aromatic carbocycles. The first-order chi connectivity index (χ1) is 8.75. The van der Waals surface area contributed by atoms with Gasteiger partial charge in [0.05, 0.1) is 6.10 Å². The Morgan fingerprint density at radius 2 is 2.11 bits per heavy atom. The summed E-state index contributed by atoms with van der Waals surface area (Å²) < 4.78 is 5.07. The van der Waals surface area contributed by atoms with Crippen molar-refractivity contribution >= 4 is 18.5 Å². The summed E-state index contributed by atoms with van der Waals surface area (Å²) in [6, 6.07) is 9.52. The number of hydrogen-bond acceptors (Lipinski definition) is 4. The van der Waals surface area contributed by atoms with E-state index < -0.39 is 6.09 Å². The zero-order valence-electron chi connectivity index (χ0n) is 10.5. The van der Waals surface area contributed by atoms with Gasteiger partial charge in [0.2, 0.25) is 0 Å². The van der Waals surface area contributed by atoms with Crippen LogP contribution < -0.4 is 10.6 Å². The van der Waals surface area contributed by atoms with Crippen LogP contribution in [0.25, 0.3) is 0 Å². The van der Waals surface area contributed by atoms with E-state index in [1.54, 1.807) is 0 Å². The van der Waals surface area contributed by atoms with Crippen LogP contribution in [0.5, 0.6) is 0 Å². The summed E-state index contributed by atoms with van der Waals surface area (Å²) in [4.78, 5) is 11.4. The third-order valence-corrected chi connectivity index (χ3v) is 3.03. The summed E-state index contributed by atoms with van der Waals surface area (Å²) in [5.41, 5.74) is 0.954. The topological polar surface area (TPSA) is 70.6 Å². The van der Waals surface area contributed by atoms with Crippen LogP contribution in [-0.2, 0) is 11.3 Å². The highest BCUT2D eigenvalue weighted by molar-refractivity contribution is 5.85. The molecule has 1 amide bonds. The molecular weight excluding hydrogens is 268 g/mol. The minimum absolute atomic E-state index is 0. The van der Waals surface area contributed by atoms with Gasteiger partial charge in [-0.05, 0) is 5.56 Å². The van der Waals surface area contributed by atoms with Crippen molar-refractivity contribution in [3.63, 3.8) is 0 Å². The number of hydrogen-bond donors (Lipinski definition) is 3. The van der Waals surface area contributed by atoms with Gasteiger partial charge in [-0.3, -0.25) is 0 Å². The van der Waals surface area contributed by atoms with Gasteiger partial charge in [-0.25, -0.2) is 4.79 Å². The quantitative estimate of drug-likeness (QED) is 0.770. The smallest absolute Gasteiger partial charge is 0.407 e. The first kappa shape index (κ1) is 15.8. The number of ether oxygens (including phenoxy) is 1. The van der Waals surface area contributed by atoms with E-state index in [9.17, 15) is 9.90 Å². The van der Waals surface area contributed by atoms with Gasteiger partial charge in [0.15, 0.2) is 0 Å². The molecule has 0 aromatic heterocycles. The van der Waals surface area contributed by atoms with Gasteiger partial charge in [-0.2, -0.15) is 0 Å². The van der Waals surface area contributed by atoms with Gasteiger partial charge in [0, 0.05) is 25.6 Å². The standard InChI is InChI=1S/C13H18N2O3.ClH/c16-12-8-14-6-11(12)7-15-13(17)18-9-10-4-2-1-3-5-10;/h1-5,11-12,14,16H,6-9H2,(H,15,17);1H. The van der Waals surface area contributed by atoms with Crippen LogP contribution in [0.2, 0.25) is 0 Å². The van der Waals surface area contributed by atoms with E-state index in [-0.39, 0.29) is 31.0 Å². The number of nitrogens with one attached hydrogen (secondary N) is 2. The summed E-state index contributed by atoms with van der Waals surface area (Å²) in [5.74, 6) is 0.0641. The van der Waals surface area contributed by atoms with Crippen LogP contribution in [-0.4, -0.2) is 36.9 Å². The molecule has 1 saturated heterocycles. The van der Waals surface area contributed by atoms with Crippen LogP contribution >= 0.6 is 12.4 Å². The number of alkyl carbamates (subject to hydrolysis) is 1. The van der Waals surface area contributed by atoms with Crippen molar-refractivity contribution in [1.29, 1.82) is 0 Å². The summed E-state index contributed by atoms with van der Waals surface area (Å²) in [6.07, 6.45) is -0.836. The van der Waals surface area contributed by atoms with Gasteiger partial charge >= 0.3 is 6.09 Å².